The minimum Gasteiger partial charge on any atom is -0.491 e. The van der Waals surface area contributed by atoms with Crippen LogP contribution in [-0.4, -0.2) is 26.4 Å². The molecular formula is C17H23NO2. The van der Waals surface area contributed by atoms with E-state index in [0.717, 1.165) is 18.6 Å². The molecule has 0 radical (unpaired) electrons. The molecule has 0 amide bonds. The molecule has 108 valence electrons. The van der Waals surface area contributed by atoms with Crippen molar-refractivity contribution in [2.75, 3.05) is 20.3 Å². The van der Waals surface area contributed by atoms with Crippen LogP contribution >= 0.6 is 0 Å². The third-order valence-electron chi connectivity index (χ3n) is 3.53. The number of ether oxygens (including phenoxy) is 2. The maximum Gasteiger partial charge on any atom is 0.123 e. The highest BCUT2D eigenvalue weighted by atomic mass is 16.5. The van der Waals surface area contributed by atoms with E-state index in [2.05, 4.69) is 37.3 Å². The first-order valence-electron chi connectivity index (χ1n) is 7.14. The summed E-state index contributed by atoms with van der Waals surface area (Å²) in [6, 6.07) is 12.7. The molecule has 2 rings (SSSR count). The molecule has 0 fully saturated rings. The molecule has 2 aromatic rings. The van der Waals surface area contributed by atoms with E-state index < -0.39 is 0 Å². The van der Waals surface area contributed by atoms with Crippen molar-refractivity contribution in [3.63, 3.8) is 0 Å². The summed E-state index contributed by atoms with van der Waals surface area (Å²) in [6.07, 6.45) is 1.79. The molecular weight excluding hydrogens is 250 g/mol. The van der Waals surface area contributed by atoms with Crippen molar-refractivity contribution in [1.29, 1.82) is 0 Å². The normalized spacial score (nSPS) is 12.6. The van der Waals surface area contributed by atoms with Crippen LogP contribution in [0.5, 0.6) is 5.75 Å². The summed E-state index contributed by atoms with van der Waals surface area (Å²) >= 11 is 0. The molecule has 0 spiro atoms. The Morgan fingerprint density at radius 3 is 2.65 bits per heavy atom. The van der Waals surface area contributed by atoms with Crippen LogP contribution in [0.2, 0.25) is 0 Å². The summed E-state index contributed by atoms with van der Waals surface area (Å²) in [4.78, 5) is 0. The fraction of sp³-hybridized carbons (Fsp3) is 0.412. The molecule has 0 saturated carbocycles. The minimum absolute atomic E-state index is 0.158. The minimum atomic E-state index is 0.158. The number of nitrogens with two attached hydrogens (primary N) is 1. The lowest BCUT2D eigenvalue weighted by Crippen LogP contribution is -2.22. The molecule has 0 aliphatic rings. The van der Waals surface area contributed by atoms with Gasteiger partial charge in [-0.1, -0.05) is 37.3 Å². The fourth-order valence-corrected chi connectivity index (χ4v) is 2.30. The first kappa shape index (κ1) is 14.8. The Labute approximate surface area is 120 Å². The van der Waals surface area contributed by atoms with Crippen molar-refractivity contribution in [2.24, 2.45) is 5.73 Å². The Hall–Kier alpha value is -1.58. The smallest absolute Gasteiger partial charge is 0.123 e. The molecule has 0 aromatic heterocycles. The zero-order valence-electron chi connectivity index (χ0n) is 12.3. The lowest BCUT2D eigenvalue weighted by Gasteiger charge is -2.17. The van der Waals surface area contributed by atoms with Crippen LogP contribution in [-0.2, 0) is 11.2 Å². The van der Waals surface area contributed by atoms with Gasteiger partial charge in [0.05, 0.1) is 6.61 Å². The summed E-state index contributed by atoms with van der Waals surface area (Å²) in [5, 5.41) is 2.45. The third kappa shape index (κ3) is 3.50. The number of benzene rings is 2. The van der Waals surface area contributed by atoms with Crippen LogP contribution in [0.3, 0.4) is 0 Å². The molecule has 3 nitrogen and oxygen atoms in total. The molecule has 0 aliphatic heterocycles. The number of hydrogen-bond donors (Lipinski definition) is 1. The average molecular weight is 273 g/mol. The largest absolute Gasteiger partial charge is 0.491 e. The molecule has 0 heterocycles. The number of methoxy groups -OCH3 is 1. The Bertz CT molecular complexity index is 554. The van der Waals surface area contributed by atoms with E-state index in [1.165, 1.54) is 16.3 Å². The quantitative estimate of drug-likeness (QED) is 0.788. The number of fused-ring (bicyclic) bond motifs is 1. The van der Waals surface area contributed by atoms with Gasteiger partial charge in [-0.25, -0.2) is 0 Å². The van der Waals surface area contributed by atoms with Crippen molar-refractivity contribution in [2.45, 2.75) is 25.8 Å². The monoisotopic (exact) mass is 273 g/mol. The SMILES string of the molecule is CCC(N)Cc1c(OCCOC)ccc2ccccc12. The van der Waals surface area contributed by atoms with Gasteiger partial charge in [0.25, 0.3) is 0 Å². The predicted octanol–water partition coefficient (Wildman–Crippen LogP) is 3.14. The van der Waals surface area contributed by atoms with E-state index in [4.69, 9.17) is 15.2 Å². The van der Waals surface area contributed by atoms with Crippen LogP contribution in [0, 0.1) is 0 Å². The van der Waals surface area contributed by atoms with E-state index in [0.29, 0.717) is 13.2 Å². The van der Waals surface area contributed by atoms with Crippen LogP contribution in [0.1, 0.15) is 18.9 Å². The summed E-state index contributed by atoms with van der Waals surface area (Å²) in [5.74, 6) is 0.921. The third-order valence-corrected chi connectivity index (χ3v) is 3.53. The molecule has 0 bridgehead atoms. The van der Waals surface area contributed by atoms with Crippen molar-refractivity contribution in [3.05, 3.63) is 42.0 Å². The van der Waals surface area contributed by atoms with Gasteiger partial charge in [0, 0.05) is 18.7 Å². The van der Waals surface area contributed by atoms with E-state index in [1.807, 2.05) is 6.07 Å². The van der Waals surface area contributed by atoms with Gasteiger partial charge in [0.1, 0.15) is 12.4 Å². The highest BCUT2D eigenvalue weighted by Crippen LogP contribution is 2.29. The molecule has 2 aromatic carbocycles. The Kier molecular flexibility index (Phi) is 5.39. The lowest BCUT2D eigenvalue weighted by molar-refractivity contribution is 0.146. The second-order valence-electron chi connectivity index (χ2n) is 4.98. The maximum atomic E-state index is 6.14. The molecule has 20 heavy (non-hydrogen) atoms. The van der Waals surface area contributed by atoms with E-state index in [1.54, 1.807) is 7.11 Å². The van der Waals surface area contributed by atoms with Gasteiger partial charge < -0.3 is 15.2 Å². The second kappa shape index (κ2) is 7.27. The highest BCUT2D eigenvalue weighted by Gasteiger charge is 2.12. The van der Waals surface area contributed by atoms with Crippen LogP contribution in [0.15, 0.2) is 36.4 Å². The Morgan fingerprint density at radius 2 is 1.90 bits per heavy atom. The first-order chi connectivity index (χ1) is 9.76. The fourth-order valence-electron chi connectivity index (χ4n) is 2.30. The zero-order chi connectivity index (χ0) is 14.4. The summed E-state index contributed by atoms with van der Waals surface area (Å²) in [5.41, 5.74) is 7.34. The van der Waals surface area contributed by atoms with Crippen molar-refractivity contribution in [3.8, 4) is 5.75 Å². The van der Waals surface area contributed by atoms with Crippen LogP contribution in [0.25, 0.3) is 10.8 Å². The molecule has 1 atom stereocenters. The topological polar surface area (TPSA) is 44.5 Å². The van der Waals surface area contributed by atoms with Gasteiger partial charge in [-0.2, -0.15) is 0 Å². The first-order valence-corrected chi connectivity index (χ1v) is 7.14. The van der Waals surface area contributed by atoms with Crippen molar-refractivity contribution < 1.29 is 9.47 Å². The predicted molar refractivity (Wildman–Crippen MR) is 83.3 cm³/mol. The molecule has 2 N–H and O–H groups in total. The van der Waals surface area contributed by atoms with Gasteiger partial charge >= 0.3 is 0 Å². The Balaban J connectivity index is 2.36. The van der Waals surface area contributed by atoms with Crippen LogP contribution < -0.4 is 10.5 Å². The van der Waals surface area contributed by atoms with Crippen LogP contribution in [0.4, 0.5) is 0 Å². The maximum absolute atomic E-state index is 6.14. The van der Waals surface area contributed by atoms with E-state index in [9.17, 15) is 0 Å². The van der Waals surface area contributed by atoms with Gasteiger partial charge in [0.15, 0.2) is 0 Å². The molecule has 0 aliphatic carbocycles. The van der Waals surface area contributed by atoms with Gasteiger partial charge in [0.2, 0.25) is 0 Å². The van der Waals surface area contributed by atoms with Gasteiger partial charge in [-0.05, 0) is 29.7 Å². The Morgan fingerprint density at radius 1 is 1.10 bits per heavy atom. The van der Waals surface area contributed by atoms with Gasteiger partial charge in [-0.15, -0.1) is 0 Å². The van der Waals surface area contributed by atoms with Gasteiger partial charge in [-0.3, -0.25) is 0 Å². The standard InChI is InChI=1S/C17H23NO2/c1-3-14(18)12-16-15-7-5-4-6-13(15)8-9-17(16)20-11-10-19-2/h4-9,14H,3,10-12,18H2,1-2H3. The molecule has 3 heteroatoms. The summed E-state index contributed by atoms with van der Waals surface area (Å²) in [7, 11) is 1.68. The number of rotatable bonds is 7. The lowest BCUT2D eigenvalue weighted by atomic mass is 9.97. The zero-order valence-corrected chi connectivity index (χ0v) is 12.3. The molecule has 1 unspecified atom stereocenters. The second-order valence-corrected chi connectivity index (χ2v) is 4.98. The highest BCUT2D eigenvalue weighted by molar-refractivity contribution is 5.87. The average Bonchev–Trinajstić information content (AvgIpc) is 2.49. The summed E-state index contributed by atoms with van der Waals surface area (Å²) in [6.45, 7) is 3.26. The van der Waals surface area contributed by atoms with E-state index >= 15 is 0 Å². The molecule has 0 saturated heterocycles. The number of hydrogen-bond acceptors (Lipinski definition) is 3. The van der Waals surface area contributed by atoms with E-state index in [-0.39, 0.29) is 6.04 Å². The van der Waals surface area contributed by atoms with Crippen molar-refractivity contribution in [1.82, 2.24) is 0 Å². The van der Waals surface area contributed by atoms with Crippen molar-refractivity contribution >= 4 is 10.8 Å². The summed E-state index contributed by atoms with van der Waals surface area (Å²) < 4.78 is 10.9.